The van der Waals surface area contributed by atoms with Crippen LogP contribution in [0.3, 0.4) is 0 Å². The lowest BCUT2D eigenvalue weighted by Crippen LogP contribution is -2.53. The molecular weight excluding hydrogens is 508 g/mol. The molecule has 0 bridgehead atoms. The van der Waals surface area contributed by atoms with Crippen molar-refractivity contribution in [2.75, 3.05) is 17.1 Å². The van der Waals surface area contributed by atoms with Crippen molar-refractivity contribution in [3.8, 4) is 0 Å². The highest BCUT2D eigenvalue weighted by atomic mass is 32.2. The van der Waals surface area contributed by atoms with Crippen LogP contribution in [0.1, 0.15) is 55.7 Å². The van der Waals surface area contributed by atoms with Crippen LogP contribution in [-0.2, 0) is 26.2 Å². The number of carbonyl (C=O) groups excluding carboxylic acids is 2. The molecule has 2 aromatic rings. The fraction of sp³-hybridized carbons (Fsp3) is 0.481. The van der Waals surface area contributed by atoms with E-state index in [1.807, 2.05) is 38.1 Å². The van der Waals surface area contributed by atoms with Gasteiger partial charge in [0.1, 0.15) is 12.6 Å². The highest BCUT2D eigenvalue weighted by molar-refractivity contribution is 7.92. The van der Waals surface area contributed by atoms with E-state index in [2.05, 4.69) is 5.32 Å². The third-order valence-corrected chi connectivity index (χ3v) is 8.00. The van der Waals surface area contributed by atoms with Crippen LogP contribution in [0.15, 0.2) is 42.5 Å². The van der Waals surface area contributed by atoms with Gasteiger partial charge < -0.3 is 10.2 Å². The molecule has 0 aliphatic heterocycles. The minimum absolute atomic E-state index is 0.0500. The molecule has 1 atom stereocenters. The maximum absolute atomic E-state index is 13.8. The highest BCUT2D eigenvalue weighted by Crippen LogP contribution is 2.28. The standard InChI is InChI=1S/C27H36N4O6S/c1-5-24(27(33)28-22-11-6-7-12-22)29(17-21-10-8-9-19(2)15-21)26(32)18-30(38(4,36)37)25-16-23(31(34)35)14-13-20(25)3/h8-10,13-16,22,24H,5-7,11-12,17-18H2,1-4H3,(H,28,33)/t24-/m1/s1. The van der Waals surface area contributed by atoms with E-state index in [0.29, 0.717) is 12.0 Å². The van der Waals surface area contributed by atoms with E-state index < -0.39 is 33.4 Å². The van der Waals surface area contributed by atoms with Crippen LogP contribution >= 0.6 is 0 Å². The predicted molar refractivity (Wildman–Crippen MR) is 146 cm³/mol. The fourth-order valence-corrected chi connectivity index (χ4v) is 5.77. The van der Waals surface area contributed by atoms with E-state index in [1.165, 1.54) is 17.0 Å². The number of nitrogens with one attached hydrogen (secondary N) is 1. The van der Waals surface area contributed by atoms with Crippen molar-refractivity contribution < 1.29 is 22.9 Å². The van der Waals surface area contributed by atoms with Crippen molar-refractivity contribution in [2.45, 2.75) is 71.5 Å². The number of rotatable bonds is 11. The molecule has 0 radical (unpaired) electrons. The smallest absolute Gasteiger partial charge is 0.271 e. The van der Waals surface area contributed by atoms with Gasteiger partial charge in [-0.05, 0) is 44.2 Å². The topological polar surface area (TPSA) is 130 Å². The van der Waals surface area contributed by atoms with Crippen LogP contribution in [0.25, 0.3) is 0 Å². The second-order valence-electron chi connectivity index (χ2n) is 9.92. The van der Waals surface area contributed by atoms with E-state index in [-0.39, 0.29) is 29.9 Å². The molecule has 0 aromatic heterocycles. The molecule has 1 fully saturated rings. The zero-order chi connectivity index (χ0) is 28.0. The van der Waals surface area contributed by atoms with Crippen LogP contribution in [0.2, 0.25) is 0 Å². The molecular formula is C27H36N4O6S. The van der Waals surface area contributed by atoms with Crippen molar-refractivity contribution in [3.63, 3.8) is 0 Å². The third-order valence-electron chi connectivity index (χ3n) is 6.87. The zero-order valence-electron chi connectivity index (χ0n) is 22.3. The van der Waals surface area contributed by atoms with Crippen LogP contribution in [-0.4, -0.2) is 54.9 Å². The Hall–Kier alpha value is -3.47. The van der Waals surface area contributed by atoms with Crippen molar-refractivity contribution in [1.82, 2.24) is 10.2 Å². The lowest BCUT2D eigenvalue weighted by atomic mass is 10.1. The first-order valence-corrected chi connectivity index (χ1v) is 14.6. The van der Waals surface area contributed by atoms with Gasteiger partial charge in [0, 0.05) is 24.7 Å². The number of nitro benzene ring substituents is 1. The Balaban J connectivity index is 1.98. The maximum Gasteiger partial charge on any atom is 0.271 e. The highest BCUT2D eigenvalue weighted by Gasteiger charge is 2.33. The number of carbonyl (C=O) groups is 2. The lowest BCUT2D eigenvalue weighted by molar-refractivity contribution is -0.384. The summed E-state index contributed by atoms with van der Waals surface area (Å²) in [5, 5.41) is 14.4. The second kappa shape index (κ2) is 12.4. The molecule has 0 saturated heterocycles. The summed E-state index contributed by atoms with van der Waals surface area (Å²) in [7, 11) is -4.00. The Morgan fingerprint density at radius 1 is 1.13 bits per heavy atom. The summed E-state index contributed by atoms with van der Waals surface area (Å²) in [5.41, 5.74) is 2.02. The summed E-state index contributed by atoms with van der Waals surface area (Å²) in [5.74, 6) is -0.839. The van der Waals surface area contributed by atoms with Gasteiger partial charge in [0.15, 0.2) is 0 Å². The predicted octanol–water partition coefficient (Wildman–Crippen LogP) is 3.84. The number of non-ortho nitro benzene ring substituents is 1. The number of nitro groups is 1. The van der Waals surface area contributed by atoms with E-state index in [0.717, 1.165) is 53.4 Å². The Morgan fingerprint density at radius 2 is 1.82 bits per heavy atom. The van der Waals surface area contributed by atoms with Crippen LogP contribution < -0.4 is 9.62 Å². The molecule has 11 heteroatoms. The quantitative estimate of drug-likeness (QED) is 0.338. The van der Waals surface area contributed by atoms with Crippen molar-refractivity contribution in [2.24, 2.45) is 0 Å². The summed E-state index contributed by atoms with van der Waals surface area (Å²) in [4.78, 5) is 39.4. The third kappa shape index (κ3) is 7.31. The van der Waals surface area contributed by atoms with Gasteiger partial charge in [0.2, 0.25) is 21.8 Å². The first kappa shape index (κ1) is 29.1. The average molecular weight is 545 g/mol. The monoisotopic (exact) mass is 544 g/mol. The van der Waals surface area contributed by atoms with Gasteiger partial charge in [-0.1, -0.05) is 55.7 Å². The molecule has 1 saturated carbocycles. The fourth-order valence-electron chi connectivity index (χ4n) is 4.87. The van der Waals surface area contributed by atoms with Gasteiger partial charge in [-0.25, -0.2) is 8.42 Å². The number of amides is 2. The second-order valence-corrected chi connectivity index (χ2v) is 11.8. The van der Waals surface area contributed by atoms with Crippen LogP contribution in [0.5, 0.6) is 0 Å². The van der Waals surface area contributed by atoms with Gasteiger partial charge in [-0.3, -0.25) is 24.0 Å². The summed E-state index contributed by atoms with van der Waals surface area (Å²) in [6.45, 7) is 4.88. The molecule has 0 unspecified atom stereocenters. The Morgan fingerprint density at radius 3 is 2.39 bits per heavy atom. The number of anilines is 1. The molecule has 10 nitrogen and oxygen atoms in total. The summed E-state index contributed by atoms with van der Waals surface area (Å²) in [6, 6.07) is 10.7. The largest absolute Gasteiger partial charge is 0.352 e. The molecule has 206 valence electrons. The SMILES string of the molecule is CC[C@H](C(=O)NC1CCCC1)N(Cc1cccc(C)c1)C(=O)CN(c1cc([N+](=O)[O-])ccc1C)S(C)(=O)=O. The molecule has 38 heavy (non-hydrogen) atoms. The van der Waals surface area contributed by atoms with E-state index in [9.17, 15) is 28.1 Å². The van der Waals surface area contributed by atoms with Gasteiger partial charge in [0.05, 0.1) is 16.9 Å². The van der Waals surface area contributed by atoms with Crippen molar-refractivity contribution in [1.29, 1.82) is 0 Å². The average Bonchev–Trinajstić information content (AvgIpc) is 3.35. The summed E-state index contributed by atoms with van der Waals surface area (Å²) in [6.07, 6.45) is 5.15. The van der Waals surface area contributed by atoms with Gasteiger partial charge in [0.25, 0.3) is 5.69 Å². The molecule has 0 heterocycles. The van der Waals surface area contributed by atoms with Crippen LogP contribution in [0.4, 0.5) is 11.4 Å². The first-order valence-electron chi connectivity index (χ1n) is 12.8. The summed E-state index contributed by atoms with van der Waals surface area (Å²) < 4.78 is 26.5. The Labute approximate surface area is 224 Å². The summed E-state index contributed by atoms with van der Waals surface area (Å²) >= 11 is 0. The number of sulfonamides is 1. The Bertz CT molecular complexity index is 1290. The normalized spacial score (nSPS) is 14.6. The minimum atomic E-state index is -4.00. The van der Waals surface area contributed by atoms with Gasteiger partial charge >= 0.3 is 0 Å². The number of nitrogens with zero attached hydrogens (tertiary/aromatic N) is 3. The molecule has 1 aliphatic carbocycles. The first-order chi connectivity index (χ1) is 17.9. The number of hydrogen-bond acceptors (Lipinski definition) is 6. The Kier molecular flexibility index (Phi) is 9.48. The zero-order valence-corrected chi connectivity index (χ0v) is 23.2. The number of hydrogen-bond donors (Lipinski definition) is 1. The minimum Gasteiger partial charge on any atom is -0.352 e. The molecule has 0 spiro atoms. The number of aryl methyl sites for hydroxylation is 2. The van der Waals surface area contributed by atoms with Gasteiger partial charge in [-0.2, -0.15) is 0 Å². The molecule has 2 aromatic carbocycles. The van der Waals surface area contributed by atoms with Crippen molar-refractivity contribution in [3.05, 3.63) is 69.3 Å². The molecule has 1 aliphatic rings. The van der Waals surface area contributed by atoms with Crippen molar-refractivity contribution >= 4 is 33.2 Å². The maximum atomic E-state index is 13.8. The van der Waals surface area contributed by atoms with Crippen LogP contribution in [0, 0.1) is 24.0 Å². The lowest BCUT2D eigenvalue weighted by Gasteiger charge is -2.33. The van der Waals surface area contributed by atoms with E-state index in [4.69, 9.17) is 0 Å². The van der Waals surface area contributed by atoms with E-state index in [1.54, 1.807) is 6.92 Å². The molecule has 2 amide bonds. The van der Waals surface area contributed by atoms with E-state index >= 15 is 0 Å². The van der Waals surface area contributed by atoms with Gasteiger partial charge in [-0.15, -0.1) is 0 Å². The molecule has 3 rings (SSSR count). The number of benzene rings is 2. The molecule has 1 N–H and O–H groups in total.